The fourth-order valence-corrected chi connectivity index (χ4v) is 2.00. The molecule has 0 aliphatic heterocycles. The second-order valence-electron chi connectivity index (χ2n) is 4.93. The van der Waals surface area contributed by atoms with Gasteiger partial charge in [-0.3, -0.25) is 0 Å². The largest absolute Gasteiger partial charge is 0.489 e. The fourth-order valence-electron chi connectivity index (χ4n) is 2.00. The van der Waals surface area contributed by atoms with Crippen molar-refractivity contribution in [2.75, 3.05) is 13.1 Å². The summed E-state index contributed by atoms with van der Waals surface area (Å²) in [4.78, 5) is 0. The topological polar surface area (TPSA) is 21.3 Å². The van der Waals surface area contributed by atoms with Gasteiger partial charge in [0, 0.05) is 6.54 Å². The molecule has 1 unspecified atom stereocenters. The first-order valence-corrected chi connectivity index (χ1v) is 7.12. The number of hydrogen-bond donors (Lipinski definition) is 1. The lowest BCUT2D eigenvalue weighted by Gasteiger charge is -2.21. The SMILES string of the molecule is CCCNCC(CCC)Oc1cccc(C)c1C. The molecular formula is C16H27NO. The highest BCUT2D eigenvalue weighted by molar-refractivity contribution is 5.38. The van der Waals surface area contributed by atoms with E-state index in [0.717, 1.165) is 31.7 Å². The Hall–Kier alpha value is -1.02. The van der Waals surface area contributed by atoms with Crippen LogP contribution < -0.4 is 10.1 Å². The molecule has 2 heteroatoms. The van der Waals surface area contributed by atoms with Crippen molar-refractivity contribution < 1.29 is 4.74 Å². The van der Waals surface area contributed by atoms with Crippen molar-refractivity contribution in [3.8, 4) is 5.75 Å². The maximum atomic E-state index is 6.15. The maximum absolute atomic E-state index is 6.15. The maximum Gasteiger partial charge on any atom is 0.122 e. The first-order valence-electron chi connectivity index (χ1n) is 7.12. The molecule has 1 atom stereocenters. The van der Waals surface area contributed by atoms with E-state index in [2.05, 4.69) is 51.2 Å². The van der Waals surface area contributed by atoms with E-state index >= 15 is 0 Å². The number of aryl methyl sites for hydroxylation is 1. The Kier molecular flexibility index (Phi) is 6.81. The molecular weight excluding hydrogens is 222 g/mol. The van der Waals surface area contributed by atoms with E-state index in [-0.39, 0.29) is 6.10 Å². The lowest BCUT2D eigenvalue weighted by molar-refractivity contribution is 0.185. The third-order valence-electron chi connectivity index (χ3n) is 3.26. The minimum atomic E-state index is 0.280. The summed E-state index contributed by atoms with van der Waals surface area (Å²) in [6, 6.07) is 6.28. The number of rotatable bonds is 8. The quantitative estimate of drug-likeness (QED) is 0.707. The van der Waals surface area contributed by atoms with Crippen LogP contribution in [0.3, 0.4) is 0 Å². The van der Waals surface area contributed by atoms with Gasteiger partial charge in [-0.25, -0.2) is 0 Å². The van der Waals surface area contributed by atoms with Crippen molar-refractivity contribution in [1.82, 2.24) is 5.32 Å². The first kappa shape index (κ1) is 15.0. The van der Waals surface area contributed by atoms with Gasteiger partial charge >= 0.3 is 0 Å². The van der Waals surface area contributed by atoms with Crippen LogP contribution in [0, 0.1) is 13.8 Å². The highest BCUT2D eigenvalue weighted by Gasteiger charge is 2.11. The zero-order valence-electron chi connectivity index (χ0n) is 12.3. The molecule has 1 aromatic carbocycles. The number of hydrogen-bond acceptors (Lipinski definition) is 2. The van der Waals surface area contributed by atoms with Gasteiger partial charge in [-0.2, -0.15) is 0 Å². The third-order valence-corrected chi connectivity index (χ3v) is 3.26. The molecule has 1 N–H and O–H groups in total. The summed E-state index contributed by atoms with van der Waals surface area (Å²) in [5.74, 6) is 1.03. The number of ether oxygens (including phenoxy) is 1. The summed E-state index contributed by atoms with van der Waals surface area (Å²) >= 11 is 0. The zero-order valence-corrected chi connectivity index (χ0v) is 12.3. The zero-order chi connectivity index (χ0) is 13.4. The fraction of sp³-hybridized carbons (Fsp3) is 0.625. The minimum absolute atomic E-state index is 0.280. The van der Waals surface area contributed by atoms with Gasteiger partial charge in [0.2, 0.25) is 0 Å². The van der Waals surface area contributed by atoms with Crippen molar-refractivity contribution in [3.05, 3.63) is 29.3 Å². The van der Waals surface area contributed by atoms with Crippen LogP contribution in [0.25, 0.3) is 0 Å². The Morgan fingerprint density at radius 3 is 2.61 bits per heavy atom. The molecule has 0 fully saturated rings. The van der Waals surface area contributed by atoms with E-state index in [9.17, 15) is 0 Å². The van der Waals surface area contributed by atoms with Crippen molar-refractivity contribution in [2.45, 2.75) is 53.1 Å². The Morgan fingerprint density at radius 1 is 1.17 bits per heavy atom. The lowest BCUT2D eigenvalue weighted by atomic mass is 10.1. The Labute approximate surface area is 112 Å². The molecule has 0 aliphatic rings. The standard InChI is InChI=1S/C16H27NO/c1-5-8-15(12-17-11-6-2)18-16-10-7-9-13(3)14(16)4/h7,9-10,15,17H,5-6,8,11-12H2,1-4H3. The normalized spacial score (nSPS) is 12.4. The highest BCUT2D eigenvalue weighted by Crippen LogP contribution is 2.22. The molecule has 2 nitrogen and oxygen atoms in total. The van der Waals surface area contributed by atoms with Gasteiger partial charge in [-0.05, 0) is 50.4 Å². The van der Waals surface area contributed by atoms with E-state index in [1.807, 2.05) is 0 Å². The molecule has 0 radical (unpaired) electrons. The molecule has 0 aromatic heterocycles. The van der Waals surface area contributed by atoms with Crippen molar-refractivity contribution in [2.24, 2.45) is 0 Å². The van der Waals surface area contributed by atoms with E-state index in [1.165, 1.54) is 17.5 Å². The van der Waals surface area contributed by atoms with Gasteiger partial charge in [-0.15, -0.1) is 0 Å². The van der Waals surface area contributed by atoms with Crippen LogP contribution in [0.15, 0.2) is 18.2 Å². The molecule has 1 aromatic rings. The number of benzene rings is 1. The molecule has 0 heterocycles. The summed E-state index contributed by atoms with van der Waals surface area (Å²) < 4.78 is 6.15. The molecule has 0 aliphatic carbocycles. The number of nitrogens with one attached hydrogen (secondary N) is 1. The second kappa shape index (κ2) is 8.15. The average molecular weight is 249 g/mol. The van der Waals surface area contributed by atoms with Crippen LogP contribution >= 0.6 is 0 Å². The van der Waals surface area contributed by atoms with Crippen LogP contribution in [-0.4, -0.2) is 19.2 Å². The van der Waals surface area contributed by atoms with Gasteiger partial charge in [0.25, 0.3) is 0 Å². The predicted octanol–water partition coefficient (Wildman–Crippen LogP) is 3.85. The van der Waals surface area contributed by atoms with Crippen molar-refractivity contribution in [1.29, 1.82) is 0 Å². The molecule has 102 valence electrons. The molecule has 0 bridgehead atoms. The summed E-state index contributed by atoms with van der Waals surface area (Å²) in [5.41, 5.74) is 2.55. The van der Waals surface area contributed by atoms with Gasteiger partial charge in [-0.1, -0.05) is 32.4 Å². The molecule has 0 saturated carbocycles. The Balaban J connectivity index is 2.61. The van der Waals surface area contributed by atoms with E-state index in [1.54, 1.807) is 0 Å². The summed E-state index contributed by atoms with van der Waals surface area (Å²) in [7, 11) is 0. The average Bonchev–Trinajstić information content (AvgIpc) is 2.35. The van der Waals surface area contributed by atoms with E-state index < -0.39 is 0 Å². The van der Waals surface area contributed by atoms with Crippen LogP contribution in [0.1, 0.15) is 44.2 Å². The van der Waals surface area contributed by atoms with Crippen molar-refractivity contribution in [3.63, 3.8) is 0 Å². The Bertz CT molecular complexity index is 349. The van der Waals surface area contributed by atoms with Crippen LogP contribution in [-0.2, 0) is 0 Å². The summed E-state index contributed by atoms with van der Waals surface area (Å²) in [5, 5.41) is 3.45. The Morgan fingerprint density at radius 2 is 1.94 bits per heavy atom. The first-order chi connectivity index (χ1) is 8.69. The van der Waals surface area contributed by atoms with Crippen LogP contribution in [0.5, 0.6) is 5.75 Å². The second-order valence-corrected chi connectivity index (χ2v) is 4.93. The lowest BCUT2D eigenvalue weighted by Crippen LogP contribution is -2.32. The smallest absolute Gasteiger partial charge is 0.122 e. The van der Waals surface area contributed by atoms with Gasteiger partial charge in [0.1, 0.15) is 11.9 Å². The summed E-state index contributed by atoms with van der Waals surface area (Å²) in [6.07, 6.45) is 3.71. The van der Waals surface area contributed by atoms with E-state index in [0.29, 0.717) is 0 Å². The molecule has 0 spiro atoms. The predicted molar refractivity (Wildman–Crippen MR) is 78.4 cm³/mol. The summed E-state index contributed by atoms with van der Waals surface area (Å²) in [6.45, 7) is 10.7. The molecule has 18 heavy (non-hydrogen) atoms. The highest BCUT2D eigenvalue weighted by atomic mass is 16.5. The third kappa shape index (κ3) is 4.69. The molecule has 0 saturated heterocycles. The van der Waals surface area contributed by atoms with E-state index in [4.69, 9.17) is 4.74 Å². The molecule has 0 amide bonds. The van der Waals surface area contributed by atoms with Gasteiger partial charge in [0.15, 0.2) is 0 Å². The molecule has 1 rings (SSSR count). The van der Waals surface area contributed by atoms with Crippen LogP contribution in [0.2, 0.25) is 0 Å². The van der Waals surface area contributed by atoms with Crippen molar-refractivity contribution >= 4 is 0 Å². The van der Waals surface area contributed by atoms with Crippen LogP contribution in [0.4, 0.5) is 0 Å². The minimum Gasteiger partial charge on any atom is -0.489 e. The van der Waals surface area contributed by atoms with Gasteiger partial charge < -0.3 is 10.1 Å². The van der Waals surface area contributed by atoms with Gasteiger partial charge in [0.05, 0.1) is 0 Å². The monoisotopic (exact) mass is 249 g/mol.